The van der Waals surface area contributed by atoms with Gasteiger partial charge in [-0.2, -0.15) is 0 Å². The number of carbonyl (C=O) groups excluding carboxylic acids is 2. The van der Waals surface area contributed by atoms with Gasteiger partial charge in [0.25, 0.3) is 0 Å². The van der Waals surface area contributed by atoms with E-state index in [1.165, 1.54) is 6.42 Å². The molecule has 1 aromatic carbocycles. The topological polar surface area (TPSA) is 70.2 Å². The van der Waals surface area contributed by atoms with Crippen molar-refractivity contribution in [2.24, 2.45) is 34.5 Å². The molecule has 0 bridgehead atoms. The highest BCUT2D eigenvalue weighted by atomic mass is 16.1. The molecule has 0 saturated heterocycles. The van der Waals surface area contributed by atoms with Gasteiger partial charge >= 0.3 is 0 Å². The van der Waals surface area contributed by atoms with Crippen molar-refractivity contribution in [2.75, 3.05) is 23.7 Å². The monoisotopic (exact) mass is 463 g/mol. The molecule has 0 radical (unpaired) electrons. The maximum atomic E-state index is 13.9. The van der Waals surface area contributed by atoms with Gasteiger partial charge in [0.2, 0.25) is 5.91 Å². The first-order valence-corrected chi connectivity index (χ1v) is 13.5. The molecule has 5 heteroatoms. The van der Waals surface area contributed by atoms with E-state index in [-0.39, 0.29) is 28.7 Å². The second-order valence-electron chi connectivity index (χ2n) is 11.6. The lowest BCUT2D eigenvalue weighted by Gasteiger charge is -2.58. The van der Waals surface area contributed by atoms with Crippen LogP contribution in [0.15, 0.2) is 30.4 Å². The third-order valence-electron chi connectivity index (χ3n) is 10.0. The van der Waals surface area contributed by atoms with Crippen LogP contribution < -0.4 is 16.0 Å². The van der Waals surface area contributed by atoms with Gasteiger partial charge < -0.3 is 16.0 Å². The third-order valence-corrected chi connectivity index (χ3v) is 10.0. The lowest BCUT2D eigenvalue weighted by Crippen LogP contribution is -2.59. The van der Waals surface area contributed by atoms with Crippen molar-refractivity contribution in [3.63, 3.8) is 0 Å². The average Bonchev–Trinajstić information content (AvgIpc) is 3.17. The quantitative estimate of drug-likeness (QED) is 0.477. The molecule has 0 aromatic heterocycles. The number of carbonyl (C=O) groups is 2. The Labute approximate surface area is 204 Å². The molecule has 4 aliphatic rings. The summed E-state index contributed by atoms with van der Waals surface area (Å²) in [6.07, 6.45) is 10.6. The second kappa shape index (κ2) is 8.73. The second-order valence-corrected chi connectivity index (χ2v) is 11.6. The van der Waals surface area contributed by atoms with Crippen molar-refractivity contribution in [1.29, 1.82) is 0 Å². The van der Waals surface area contributed by atoms with Crippen LogP contribution in [0.2, 0.25) is 0 Å². The molecule has 184 valence electrons. The molecular formula is C29H41N3O2. The highest BCUT2D eigenvalue weighted by Crippen LogP contribution is 2.65. The van der Waals surface area contributed by atoms with Crippen LogP contribution in [0.1, 0.15) is 76.6 Å². The van der Waals surface area contributed by atoms with Crippen molar-refractivity contribution in [3.05, 3.63) is 35.9 Å². The Hall–Kier alpha value is -2.30. The summed E-state index contributed by atoms with van der Waals surface area (Å²) in [6.45, 7) is 10.6. The van der Waals surface area contributed by atoms with Crippen LogP contribution in [0, 0.1) is 34.5 Å². The van der Waals surface area contributed by atoms with Crippen LogP contribution in [0.3, 0.4) is 0 Å². The molecular weight excluding hydrogens is 422 g/mol. The number of hydrogen-bond donors (Lipinski definition) is 3. The van der Waals surface area contributed by atoms with E-state index < -0.39 is 0 Å². The fraction of sp³-hybridized carbons (Fsp3) is 0.655. The van der Waals surface area contributed by atoms with Crippen LogP contribution >= 0.6 is 0 Å². The zero-order valence-electron chi connectivity index (χ0n) is 21.2. The summed E-state index contributed by atoms with van der Waals surface area (Å²) >= 11 is 0. The Kier molecular flexibility index (Phi) is 6.02. The number of benzene rings is 1. The van der Waals surface area contributed by atoms with Gasteiger partial charge in [-0.15, -0.1) is 0 Å². The van der Waals surface area contributed by atoms with Crippen LogP contribution in [-0.2, 0) is 4.79 Å². The van der Waals surface area contributed by atoms with Gasteiger partial charge in [0.15, 0.2) is 5.78 Å². The fourth-order valence-corrected chi connectivity index (χ4v) is 8.34. The average molecular weight is 464 g/mol. The van der Waals surface area contributed by atoms with E-state index in [4.69, 9.17) is 0 Å². The molecule has 0 spiro atoms. The maximum Gasteiger partial charge on any atom is 0.243 e. The molecule has 3 aliphatic carbocycles. The number of hydrogen-bond acceptors (Lipinski definition) is 4. The normalized spacial score (nSPS) is 38.4. The first-order valence-electron chi connectivity index (χ1n) is 13.5. The lowest BCUT2D eigenvalue weighted by atomic mass is 9.47. The van der Waals surface area contributed by atoms with Crippen molar-refractivity contribution >= 4 is 23.1 Å². The molecule has 3 saturated carbocycles. The van der Waals surface area contributed by atoms with Crippen molar-refractivity contribution < 1.29 is 9.59 Å². The first-order chi connectivity index (χ1) is 16.3. The highest BCUT2D eigenvalue weighted by molar-refractivity contribution is 6.00. The van der Waals surface area contributed by atoms with Gasteiger partial charge in [0, 0.05) is 36.0 Å². The van der Waals surface area contributed by atoms with Crippen LogP contribution in [-0.4, -0.2) is 30.8 Å². The van der Waals surface area contributed by atoms with Gasteiger partial charge in [0.05, 0.1) is 11.4 Å². The van der Waals surface area contributed by atoms with E-state index >= 15 is 0 Å². The Bertz CT molecular complexity index is 1000. The van der Waals surface area contributed by atoms with Gasteiger partial charge in [0.1, 0.15) is 0 Å². The molecule has 1 aliphatic heterocycles. The molecule has 5 nitrogen and oxygen atoms in total. The zero-order valence-corrected chi connectivity index (χ0v) is 21.2. The fourth-order valence-electron chi connectivity index (χ4n) is 8.34. The summed E-state index contributed by atoms with van der Waals surface area (Å²) in [6, 6.07) is 6.40. The number of rotatable bonds is 6. The largest absolute Gasteiger partial charge is 0.384 e. The summed E-state index contributed by atoms with van der Waals surface area (Å²) < 4.78 is 0. The summed E-state index contributed by atoms with van der Waals surface area (Å²) in [5, 5.41) is 10.1. The summed E-state index contributed by atoms with van der Waals surface area (Å²) in [5.41, 5.74) is 3.05. The SMILES string of the molecule is CCNc1ccc(C(=O)C2CC[C@H]3[C@@H]4CCC5NC(=O)C=C[C@]5(C)[C@@H]4CC[C@]23C)cc1NCC. The van der Waals surface area contributed by atoms with Crippen LogP contribution in [0.25, 0.3) is 0 Å². The van der Waals surface area contributed by atoms with E-state index in [1.54, 1.807) is 6.08 Å². The minimum Gasteiger partial charge on any atom is -0.384 e. The number of nitrogens with one attached hydrogen (secondary N) is 3. The summed E-state index contributed by atoms with van der Waals surface area (Å²) in [4.78, 5) is 25.9. The predicted octanol–water partition coefficient (Wildman–Crippen LogP) is 5.65. The van der Waals surface area contributed by atoms with Gasteiger partial charge in [-0.05, 0) is 99.8 Å². The molecule has 1 amide bonds. The van der Waals surface area contributed by atoms with Gasteiger partial charge in [-0.1, -0.05) is 19.9 Å². The zero-order chi connectivity index (χ0) is 24.1. The van der Waals surface area contributed by atoms with Crippen molar-refractivity contribution in [3.8, 4) is 0 Å². The minimum atomic E-state index is 0.0447. The van der Waals surface area contributed by atoms with E-state index in [1.807, 2.05) is 6.07 Å². The van der Waals surface area contributed by atoms with Crippen molar-refractivity contribution in [1.82, 2.24) is 5.32 Å². The summed E-state index contributed by atoms with van der Waals surface area (Å²) in [5.74, 6) is 2.32. The van der Waals surface area contributed by atoms with E-state index in [0.717, 1.165) is 62.1 Å². The van der Waals surface area contributed by atoms with Crippen molar-refractivity contribution in [2.45, 2.75) is 72.3 Å². The molecule has 7 atom stereocenters. The molecule has 5 rings (SSSR count). The Morgan fingerprint density at radius 3 is 2.53 bits per heavy atom. The smallest absolute Gasteiger partial charge is 0.243 e. The number of anilines is 2. The van der Waals surface area contributed by atoms with Gasteiger partial charge in [-0.3, -0.25) is 9.59 Å². The number of fused-ring (bicyclic) bond motifs is 5. The number of Topliss-reactive ketones (excluding diaryl/α,β-unsaturated/α-hetero) is 1. The molecule has 2 unspecified atom stereocenters. The molecule has 1 aromatic rings. The summed E-state index contributed by atoms with van der Waals surface area (Å²) in [7, 11) is 0. The number of amides is 1. The standard InChI is InChI=1S/C29H41N3O2/c1-5-30-23-11-7-18(17-24(23)31-6-2)27(34)22-10-9-20-19-8-12-25-29(4,16-14-26(33)32-25)21(19)13-15-28(20,22)3/h7,11,14,16-17,19-22,25,30-31H,5-6,8-10,12-13,15H2,1-4H3,(H,32,33)/t19-,20-,21+,22?,25?,28-,29+/m0/s1. The van der Waals surface area contributed by atoms with E-state index in [2.05, 4.69) is 61.9 Å². The predicted molar refractivity (Wildman–Crippen MR) is 138 cm³/mol. The number of ketones is 1. The maximum absolute atomic E-state index is 13.9. The van der Waals surface area contributed by atoms with Crippen LogP contribution in [0.5, 0.6) is 0 Å². The minimum absolute atomic E-state index is 0.0447. The third kappa shape index (κ3) is 3.58. The highest BCUT2D eigenvalue weighted by Gasteiger charge is 2.60. The first kappa shape index (κ1) is 23.4. The Morgan fingerprint density at radius 2 is 1.76 bits per heavy atom. The molecule has 3 N–H and O–H groups in total. The molecule has 1 heterocycles. The lowest BCUT2D eigenvalue weighted by molar-refractivity contribution is -0.122. The van der Waals surface area contributed by atoms with E-state index in [9.17, 15) is 9.59 Å². The van der Waals surface area contributed by atoms with E-state index in [0.29, 0.717) is 23.5 Å². The molecule has 34 heavy (non-hydrogen) atoms. The Morgan fingerprint density at radius 1 is 1.00 bits per heavy atom. The van der Waals surface area contributed by atoms with Gasteiger partial charge in [-0.25, -0.2) is 0 Å². The Balaban J connectivity index is 1.39. The molecule has 3 fully saturated rings. The van der Waals surface area contributed by atoms with Crippen LogP contribution in [0.4, 0.5) is 11.4 Å².